The molecule has 18 heavy (non-hydrogen) atoms. The van der Waals surface area contributed by atoms with E-state index in [9.17, 15) is 4.79 Å². The lowest BCUT2D eigenvalue weighted by molar-refractivity contribution is -0.136. The number of carbonyl (C=O) groups is 1. The van der Waals surface area contributed by atoms with Crippen molar-refractivity contribution in [3.05, 3.63) is 34.9 Å². The molecule has 0 bridgehead atoms. The zero-order chi connectivity index (χ0) is 13.0. The maximum atomic E-state index is 11.6. The van der Waals surface area contributed by atoms with Crippen molar-refractivity contribution in [1.82, 2.24) is 10.6 Å². The molecular formula is C13H17ClN2O2. The summed E-state index contributed by atoms with van der Waals surface area (Å²) in [4.78, 5) is 11.6. The number of ether oxygens (including phenoxy) is 1. The molecule has 1 aromatic carbocycles. The van der Waals surface area contributed by atoms with Crippen molar-refractivity contribution >= 4 is 17.5 Å². The summed E-state index contributed by atoms with van der Waals surface area (Å²) in [6.07, 6.45) is 0. The Balaban J connectivity index is 1.71. The Morgan fingerprint density at radius 1 is 1.56 bits per heavy atom. The molecule has 2 rings (SSSR count). The van der Waals surface area contributed by atoms with Crippen molar-refractivity contribution in [2.45, 2.75) is 19.1 Å². The second-order valence-corrected chi connectivity index (χ2v) is 5.19. The molecule has 0 saturated carbocycles. The first-order chi connectivity index (χ1) is 8.57. The largest absolute Gasteiger partial charge is 0.363 e. The average molecular weight is 269 g/mol. The van der Waals surface area contributed by atoms with E-state index in [-0.39, 0.29) is 18.1 Å². The number of hydrogen-bond donors (Lipinski definition) is 2. The second kappa shape index (κ2) is 5.69. The molecule has 2 N–H and O–H groups in total. The van der Waals surface area contributed by atoms with Gasteiger partial charge in [0.05, 0.1) is 5.60 Å². The smallest absolute Gasteiger partial charge is 0.246 e. The SMILES string of the molecule is CC1(OCC(=O)NCc2cccc(Cl)c2)CNC1. The van der Waals surface area contributed by atoms with Gasteiger partial charge in [-0.05, 0) is 24.6 Å². The molecule has 0 aliphatic carbocycles. The third-order valence-electron chi connectivity index (χ3n) is 2.93. The Morgan fingerprint density at radius 3 is 2.94 bits per heavy atom. The molecule has 98 valence electrons. The predicted molar refractivity (Wildman–Crippen MR) is 70.5 cm³/mol. The van der Waals surface area contributed by atoms with E-state index >= 15 is 0 Å². The lowest BCUT2D eigenvalue weighted by atomic mass is 10.0. The molecule has 1 aliphatic heterocycles. The second-order valence-electron chi connectivity index (χ2n) is 4.75. The molecule has 1 aliphatic rings. The molecule has 0 spiro atoms. The normalized spacial score (nSPS) is 17.0. The Labute approximate surface area is 112 Å². The molecule has 1 aromatic rings. The van der Waals surface area contributed by atoms with Gasteiger partial charge in [0.1, 0.15) is 6.61 Å². The van der Waals surface area contributed by atoms with Gasteiger partial charge in [-0.3, -0.25) is 4.79 Å². The van der Waals surface area contributed by atoms with Crippen LogP contribution in [0.1, 0.15) is 12.5 Å². The van der Waals surface area contributed by atoms with Gasteiger partial charge in [0.15, 0.2) is 0 Å². The van der Waals surface area contributed by atoms with Gasteiger partial charge in [-0.15, -0.1) is 0 Å². The van der Waals surface area contributed by atoms with Crippen LogP contribution < -0.4 is 10.6 Å². The molecule has 1 fully saturated rings. The minimum Gasteiger partial charge on any atom is -0.363 e. The molecule has 0 radical (unpaired) electrons. The van der Waals surface area contributed by atoms with E-state index in [2.05, 4.69) is 10.6 Å². The van der Waals surface area contributed by atoms with Crippen LogP contribution in [-0.4, -0.2) is 31.2 Å². The first-order valence-corrected chi connectivity index (χ1v) is 6.31. The standard InChI is InChI=1S/C13H17ClN2O2/c1-13(8-15-9-13)18-7-12(17)16-6-10-3-2-4-11(14)5-10/h2-5,15H,6-9H2,1H3,(H,16,17). The number of benzene rings is 1. The van der Waals surface area contributed by atoms with Crippen LogP contribution >= 0.6 is 11.6 Å². The van der Waals surface area contributed by atoms with E-state index in [1.165, 1.54) is 0 Å². The van der Waals surface area contributed by atoms with Crippen molar-refractivity contribution < 1.29 is 9.53 Å². The third-order valence-corrected chi connectivity index (χ3v) is 3.16. The average Bonchev–Trinajstić information content (AvgIpc) is 2.31. The topological polar surface area (TPSA) is 50.4 Å². The van der Waals surface area contributed by atoms with Gasteiger partial charge >= 0.3 is 0 Å². The van der Waals surface area contributed by atoms with Crippen LogP contribution in [-0.2, 0) is 16.1 Å². The van der Waals surface area contributed by atoms with E-state index in [0.29, 0.717) is 11.6 Å². The molecule has 0 unspecified atom stereocenters. The minimum atomic E-state index is -0.187. The maximum absolute atomic E-state index is 11.6. The number of rotatable bonds is 5. The highest BCUT2D eigenvalue weighted by Crippen LogP contribution is 2.14. The number of carbonyl (C=O) groups excluding carboxylic acids is 1. The number of nitrogens with one attached hydrogen (secondary N) is 2. The summed E-state index contributed by atoms with van der Waals surface area (Å²) in [5.41, 5.74) is 0.792. The van der Waals surface area contributed by atoms with Gasteiger partial charge in [-0.25, -0.2) is 0 Å². The monoisotopic (exact) mass is 268 g/mol. The Hall–Kier alpha value is -1.10. The molecular weight excluding hydrogens is 252 g/mol. The van der Waals surface area contributed by atoms with Gasteiger partial charge in [0.25, 0.3) is 0 Å². The summed E-state index contributed by atoms with van der Waals surface area (Å²) in [5.74, 6) is -0.108. The number of halogens is 1. The summed E-state index contributed by atoms with van der Waals surface area (Å²) in [7, 11) is 0. The van der Waals surface area contributed by atoms with Crippen molar-refractivity contribution in [3.63, 3.8) is 0 Å². The van der Waals surface area contributed by atoms with Crippen LogP contribution in [0.5, 0.6) is 0 Å². The zero-order valence-electron chi connectivity index (χ0n) is 10.3. The lowest BCUT2D eigenvalue weighted by Crippen LogP contribution is -2.59. The first-order valence-electron chi connectivity index (χ1n) is 5.93. The highest BCUT2D eigenvalue weighted by molar-refractivity contribution is 6.30. The molecule has 1 heterocycles. The van der Waals surface area contributed by atoms with Crippen LogP contribution in [0.3, 0.4) is 0 Å². The Kier molecular flexibility index (Phi) is 4.22. The van der Waals surface area contributed by atoms with Crippen molar-refractivity contribution in [2.75, 3.05) is 19.7 Å². The van der Waals surface area contributed by atoms with Gasteiger partial charge in [-0.2, -0.15) is 0 Å². The van der Waals surface area contributed by atoms with Crippen LogP contribution in [0, 0.1) is 0 Å². The Bertz CT molecular complexity index is 433. The van der Waals surface area contributed by atoms with Crippen LogP contribution in [0.4, 0.5) is 0 Å². The predicted octanol–water partition coefficient (Wildman–Crippen LogP) is 1.33. The maximum Gasteiger partial charge on any atom is 0.246 e. The summed E-state index contributed by atoms with van der Waals surface area (Å²) in [6.45, 7) is 4.16. The summed E-state index contributed by atoms with van der Waals surface area (Å²) in [6, 6.07) is 7.42. The van der Waals surface area contributed by atoms with Gasteiger partial charge < -0.3 is 15.4 Å². The van der Waals surface area contributed by atoms with E-state index < -0.39 is 0 Å². The quantitative estimate of drug-likeness (QED) is 0.847. The fourth-order valence-electron chi connectivity index (χ4n) is 1.72. The molecule has 0 aromatic heterocycles. The van der Waals surface area contributed by atoms with Crippen LogP contribution in [0.25, 0.3) is 0 Å². The summed E-state index contributed by atoms with van der Waals surface area (Å²) in [5, 5.41) is 6.59. The molecule has 1 amide bonds. The number of amides is 1. The minimum absolute atomic E-state index is 0.0960. The summed E-state index contributed by atoms with van der Waals surface area (Å²) < 4.78 is 5.54. The number of hydrogen-bond acceptors (Lipinski definition) is 3. The lowest BCUT2D eigenvalue weighted by Gasteiger charge is -2.38. The molecule has 0 atom stereocenters. The molecule has 5 heteroatoms. The third kappa shape index (κ3) is 3.70. The molecule has 4 nitrogen and oxygen atoms in total. The fourth-order valence-corrected chi connectivity index (χ4v) is 1.93. The van der Waals surface area contributed by atoms with E-state index in [4.69, 9.17) is 16.3 Å². The van der Waals surface area contributed by atoms with Gasteiger partial charge in [-0.1, -0.05) is 23.7 Å². The summed E-state index contributed by atoms with van der Waals surface area (Å²) >= 11 is 5.86. The zero-order valence-corrected chi connectivity index (χ0v) is 11.1. The van der Waals surface area contributed by atoms with Crippen molar-refractivity contribution in [1.29, 1.82) is 0 Å². The van der Waals surface area contributed by atoms with Gasteiger partial charge in [0.2, 0.25) is 5.91 Å². The van der Waals surface area contributed by atoms with Gasteiger partial charge in [0, 0.05) is 24.7 Å². The Morgan fingerprint density at radius 2 is 2.33 bits per heavy atom. The molecule has 1 saturated heterocycles. The van der Waals surface area contributed by atoms with Crippen LogP contribution in [0.15, 0.2) is 24.3 Å². The highest BCUT2D eigenvalue weighted by Gasteiger charge is 2.32. The van der Waals surface area contributed by atoms with E-state index in [1.54, 1.807) is 6.07 Å². The van der Waals surface area contributed by atoms with Crippen molar-refractivity contribution in [2.24, 2.45) is 0 Å². The van der Waals surface area contributed by atoms with E-state index in [1.807, 2.05) is 25.1 Å². The first kappa shape index (κ1) is 13.3. The van der Waals surface area contributed by atoms with Crippen molar-refractivity contribution in [3.8, 4) is 0 Å². The van der Waals surface area contributed by atoms with E-state index in [0.717, 1.165) is 18.7 Å². The highest BCUT2D eigenvalue weighted by atomic mass is 35.5. The fraction of sp³-hybridized carbons (Fsp3) is 0.462. The van der Waals surface area contributed by atoms with Crippen LogP contribution in [0.2, 0.25) is 5.02 Å².